The van der Waals surface area contributed by atoms with Gasteiger partial charge in [-0.15, -0.1) is 0 Å². The van der Waals surface area contributed by atoms with Gasteiger partial charge in [0.2, 0.25) is 0 Å². The van der Waals surface area contributed by atoms with Crippen LogP contribution in [0.5, 0.6) is 0 Å². The summed E-state index contributed by atoms with van der Waals surface area (Å²) in [6.07, 6.45) is 2.49. The Hall–Kier alpha value is 0.660. The smallest absolute Gasteiger partial charge is 0.176 e. The van der Waals surface area contributed by atoms with Crippen molar-refractivity contribution in [3.05, 3.63) is 0 Å². The highest BCUT2D eigenvalue weighted by molar-refractivity contribution is 8.52. The van der Waals surface area contributed by atoms with Crippen molar-refractivity contribution in [2.24, 2.45) is 5.50 Å². The first-order valence-electron chi connectivity index (χ1n) is 2.96. The third-order valence-electron chi connectivity index (χ3n) is 1.26. The second-order valence-electron chi connectivity index (χ2n) is 2.02. The van der Waals surface area contributed by atoms with Crippen molar-refractivity contribution < 1.29 is 4.89 Å². The first-order chi connectivity index (χ1) is 4.29. The molecule has 0 spiro atoms. The summed E-state index contributed by atoms with van der Waals surface area (Å²) >= 11 is 1.39. The lowest BCUT2D eigenvalue weighted by molar-refractivity contribution is 0.586. The first kappa shape index (κ1) is 7.76. The molecule has 0 aromatic heterocycles. The molecule has 54 valence electrons. The van der Waals surface area contributed by atoms with Crippen LogP contribution in [0.1, 0.15) is 12.8 Å². The minimum atomic E-state index is -1.27. The van der Waals surface area contributed by atoms with Crippen molar-refractivity contribution in [3.8, 4) is 0 Å². The minimum Gasteiger partial charge on any atom is -0.351 e. The summed E-state index contributed by atoms with van der Waals surface area (Å²) in [5.41, 5.74) is 5.21. The van der Waals surface area contributed by atoms with Crippen molar-refractivity contribution >= 4 is 19.1 Å². The molecule has 1 fully saturated rings. The minimum absolute atomic E-state index is 1.08. The van der Waals surface area contributed by atoms with E-state index in [2.05, 4.69) is 4.31 Å². The summed E-state index contributed by atoms with van der Waals surface area (Å²) in [5, 5.41) is 0. The van der Waals surface area contributed by atoms with Crippen molar-refractivity contribution in [1.82, 2.24) is 4.31 Å². The van der Waals surface area contributed by atoms with E-state index in [1.807, 2.05) is 0 Å². The predicted octanol–water partition coefficient (Wildman–Crippen LogP) is 0.908. The van der Waals surface area contributed by atoms with E-state index < -0.39 is 7.50 Å². The lowest BCUT2D eigenvalue weighted by Gasteiger charge is -2.12. The molecule has 0 bridgehead atoms. The highest BCUT2D eigenvalue weighted by Crippen LogP contribution is 2.41. The molecule has 1 atom stereocenters. The van der Waals surface area contributed by atoms with Gasteiger partial charge in [-0.2, -0.15) is 0 Å². The highest BCUT2D eigenvalue weighted by atomic mass is 32.7. The molecule has 3 nitrogen and oxygen atoms in total. The number of rotatable bonds is 2. The maximum Gasteiger partial charge on any atom is 0.176 e. The van der Waals surface area contributed by atoms with E-state index in [1.54, 1.807) is 0 Å². The van der Waals surface area contributed by atoms with E-state index in [-0.39, 0.29) is 0 Å². The maximum atomic E-state index is 8.78. The van der Waals surface area contributed by atoms with Gasteiger partial charge in [-0.25, -0.2) is 4.31 Å². The Balaban J connectivity index is 2.11. The van der Waals surface area contributed by atoms with Gasteiger partial charge in [0.05, 0.1) is 0 Å². The van der Waals surface area contributed by atoms with Crippen LogP contribution in [0.4, 0.5) is 0 Å². The fraction of sp³-hybridized carbons (Fsp3) is 1.00. The second-order valence-corrected chi connectivity index (χ2v) is 4.92. The summed E-state index contributed by atoms with van der Waals surface area (Å²) in [6, 6.07) is 0. The Kier molecular flexibility index (Phi) is 3.22. The van der Waals surface area contributed by atoms with Crippen LogP contribution in [-0.4, -0.2) is 22.3 Å². The number of hydrogen-bond donors (Lipinski definition) is 2. The molecule has 0 aromatic rings. The number of nitrogens with two attached hydrogens (primary N) is 1. The van der Waals surface area contributed by atoms with Gasteiger partial charge in [0.15, 0.2) is 7.50 Å². The van der Waals surface area contributed by atoms with Gasteiger partial charge in [0, 0.05) is 13.1 Å². The zero-order chi connectivity index (χ0) is 6.69. The Morgan fingerprint density at radius 1 is 1.44 bits per heavy atom. The average molecular weight is 166 g/mol. The Morgan fingerprint density at radius 3 is 2.44 bits per heavy atom. The van der Waals surface area contributed by atoms with Crippen molar-refractivity contribution in [2.45, 2.75) is 12.8 Å². The summed E-state index contributed by atoms with van der Waals surface area (Å²) in [5.74, 6) is 0. The normalized spacial score (nSPS) is 24.7. The molecule has 1 rings (SSSR count). The van der Waals surface area contributed by atoms with E-state index in [4.69, 9.17) is 10.4 Å². The van der Waals surface area contributed by atoms with Gasteiger partial charge < -0.3 is 4.89 Å². The molecule has 5 heteroatoms. The summed E-state index contributed by atoms with van der Waals surface area (Å²) in [4.78, 5) is 8.78. The average Bonchev–Trinajstić information content (AvgIpc) is 2.15. The lowest BCUT2D eigenvalue weighted by atomic mass is 10.4. The largest absolute Gasteiger partial charge is 0.351 e. The molecular weight excluding hydrogens is 155 g/mol. The molecule has 1 aliphatic heterocycles. The van der Waals surface area contributed by atoms with Gasteiger partial charge in [0.25, 0.3) is 0 Å². The molecule has 1 heterocycles. The fourth-order valence-corrected chi connectivity index (χ4v) is 2.75. The monoisotopic (exact) mass is 166 g/mol. The molecule has 1 aliphatic rings. The summed E-state index contributed by atoms with van der Waals surface area (Å²) in [6.45, 7) is 2.17. The van der Waals surface area contributed by atoms with E-state index in [0.717, 1.165) is 13.1 Å². The first-order valence-corrected chi connectivity index (χ1v) is 5.70. The van der Waals surface area contributed by atoms with Crippen LogP contribution in [-0.2, 0) is 0 Å². The zero-order valence-electron chi connectivity index (χ0n) is 5.16. The van der Waals surface area contributed by atoms with Gasteiger partial charge in [0.1, 0.15) is 0 Å². The second kappa shape index (κ2) is 3.74. The molecule has 0 aliphatic carbocycles. The summed E-state index contributed by atoms with van der Waals surface area (Å²) < 4.78 is 2.13. The quantitative estimate of drug-likeness (QED) is 0.473. The molecule has 0 saturated carbocycles. The van der Waals surface area contributed by atoms with Crippen LogP contribution in [0, 0.1) is 0 Å². The maximum absolute atomic E-state index is 8.78. The summed E-state index contributed by atoms with van der Waals surface area (Å²) in [7, 11) is -1.27. The van der Waals surface area contributed by atoms with Crippen LogP contribution in [0.3, 0.4) is 0 Å². The Morgan fingerprint density at radius 2 is 2.00 bits per heavy atom. The lowest BCUT2D eigenvalue weighted by Crippen LogP contribution is -2.08. The van der Waals surface area contributed by atoms with E-state index in [9.17, 15) is 0 Å². The van der Waals surface area contributed by atoms with Crippen LogP contribution in [0.15, 0.2) is 0 Å². The molecular formula is C4H11N2OPS. The van der Waals surface area contributed by atoms with Crippen LogP contribution in [0.25, 0.3) is 0 Å². The van der Waals surface area contributed by atoms with Crippen LogP contribution < -0.4 is 5.50 Å². The zero-order valence-corrected chi connectivity index (χ0v) is 6.87. The highest BCUT2D eigenvalue weighted by Gasteiger charge is 2.14. The van der Waals surface area contributed by atoms with Gasteiger partial charge >= 0.3 is 0 Å². The van der Waals surface area contributed by atoms with Crippen LogP contribution in [0.2, 0.25) is 0 Å². The van der Waals surface area contributed by atoms with Crippen molar-refractivity contribution in [1.29, 1.82) is 0 Å². The molecule has 0 radical (unpaired) electrons. The third kappa shape index (κ3) is 2.83. The number of hydrogen-bond acceptors (Lipinski definition) is 4. The van der Waals surface area contributed by atoms with E-state index in [1.165, 1.54) is 24.4 Å². The van der Waals surface area contributed by atoms with Crippen molar-refractivity contribution in [3.63, 3.8) is 0 Å². The molecule has 0 amide bonds. The molecule has 9 heavy (non-hydrogen) atoms. The molecule has 3 N–H and O–H groups in total. The van der Waals surface area contributed by atoms with Crippen LogP contribution >= 0.6 is 19.1 Å². The van der Waals surface area contributed by atoms with Gasteiger partial charge in [-0.05, 0) is 24.4 Å². The standard InChI is InChI=1S/C4H11N2OPS/c5-8(7)9-6-3-1-2-4-6/h7H,1-5H2. The number of nitrogens with zero attached hydrogens (tertiary/aromatic N) is 1. The SMILES string of the molecule is NP(O)SN1CCCC1. The Labute approximate surface area is 60.4 Å². The van der Waals surface area contributed by atoms with Gasteiger partial charge in [-0.3, -0.25) is 5.50 Å². The molecule has 1 unspecified atom stereocenters. The topological polar surface area (TPSA) is 49.5 Å². The molecule has 1 saturated heterocycles. The molecule has 0 aromatic carbocycles. The van der Waals surface area contributed by atoms with E-state index >= 15 is 0 Å². The predicted molar refractivity (Wildman–Crippen MR) is 41.7 cm³/mol. The fourth-order valence-electron chi connectivity index (χ4n) is 0.888. The van der Waals surface area contributed by atoms with Crippen molar-refractivity contribution in [2.75, 3.05) is 13.1 Å². The Bertz CT molecular complexity index is 86.6. The third-order valence-corrected chi connectivity index (χ3v) is 3.22. The van der Waals surface area contributed by atoms with E-state index in [0.29, 0.717) is 0 Å². The van der Waals surface area contributed by atoms with Gasteiger partial charge in [-0.1, -0.05) is 0 Å².